The highest BCUT2D eigenvalue weighted by Gasteiger charge is 1.86. The molecule has 0 saturated heterocycles. The second-order valence-corrected chi connectivity index (χ2v) is 1.46. The first kappa shape index (κ1) is 8.88. The van der Waals surface area contributed by atoms with Gasteiger partial charge in [0.15, 0.2) is 0 Å². The molecule has 0 aromatic carbocycles. The Morgan fingerprint density at radius 2 is 1.70 bits per heavy atom. The molecule has 0 fully saturated rings. The van der Waals surface area contributed by atoms with Gasteiger partial charge in [-0.15, -0.1) is 0 Å². The van der Waals surface area contributed by atoms with Crippen molar-refractivity contribution in [3.05, 3.63) is 24.4 Å². The fourth-order valence-electron chi connectivity index (χ4n) is 0.416. The Kier molecular flexibility index (Phi) is 5.33. The Labute approximate surface area is 60.9 Å². The van der Waals surface area contributed by atoms with Crippen LogP contribution < -0.4 is 0 Å². The molecular weight excluding hydrogens is 132 g/mol. The lowest BCUT2D eigenvalue weighted by atomic mass is 10.6. The summed E-state index contributed by atoms with van der Waals surface area (Å²) in [6, 6.07) is 0. The molecule has 0 aromatic heterocycles. The molecule has 0 spiro atoms. The van der Waals surface area contributed by atoms with Crippen LogP contribution in [0.2, 0.25) is 0 Å². The van der Waals surface area contributed by atoms with E-state index in [1.165, 1.54) is 20.5 Å². The molecule has 0 aliphatic heterocycles. The molecule has 0 N–H and O–H groups in total. The second kappa shape index (κ2) is 6.01. The largest absolute Gasteiger partial charge is 0.504 e. The number of hydrogen-bond donors (Lipinski definition) is 0. The first-order valence-corrected chi connectivity index (χ1v) is 2.82. The van der Waals surface area contributed by atoms with Crippen molar-refractivity contribution in [1.82, 2.24) is 0 Å². The van der Waals surface area contributed by atoms with E-state index in [1.807, 2.05) is 0 Å². The maximum absolute atomic E-state index is 4.78. The maximum Gasteiger partial charge on any atom is 0.278 e. The summed E-state index contributed by atoms with van der Waals surface area (Å²) in [6.07, 6.45) is 4.86. The number of hydrogen-bond acceptors (Lipinski definition) is 3. The van der Waals surface area contributed by atoms with Crippen LogP contribution in [0.3, 0.4) is 0 Å². The Hall–Kier alpha value is -1.12. The van der Waals surface area contributed by atoms with Crippen molar-refractivity contribution in [3.63, 3.8) is 0 Å². The van der Waals surface area contributed by atoms with Crippen LogP contribution >= 0.6 is 0 Å². The molecule has 0 aliphatic rings. The van der Waals surface area contributed by atoms with Gasteiger partial charge in [-0.25, -0.2) is 0 Å². The Balaban J connectivity index is 3.74. The van der Waals surface area contributed by atoms with Gasteiger partial charge in [0, 0.05) is 6.08 Å². The van der Waals surface area contributed by atoms with Crippen molar-refractivity contribution in [2.24, 2.45) is 0 Å². The molecule has 0 bridgehead atoms. The van der Waals surface area contributed by atoms with Gasteiger partial charge < -0.3 is 14.2 Å². The molecule has 0 amide bonds. The van der Waals surface area contributed by atoms with E-state index in [0.29, 0.717) is 5.95 Å². The Bertz CT molecular complexity index is 121. The van der Waals surface area contributed by atoms with Crippen molar-refractivity contribution in [2.75, 3.05) is 21.3 Å². The molecule has 0 aromatic rings. The third kappa shape index (κ3) is 3.83. The van der Waals surface area contributed by atoms with Gasteiger partial charge in [0.05, 0.1) is 27.6 Å². The summed E-state index contributed by atoms with van der Waals surface area (Å²) in [5.41, 5.74) is 0. The summed E-state index contributed by atoms with van der Waals surface area (Å²) in [7, 11) is 4.65. The van der Waals surface area contributed by atoms with Crippen molar-refractivity contribution in [2.45, 2.75) is 0 Å². The molecule has 0 saturated carbocycles. The smallest absolute Gasteiger partial charge is 0.278 e. The first-order valence-electron chi connectivity index (χ1n) is 2.82. The molecule has 3 nitrogen and oxygen atoms in total. The zero-order chi connectivity index (χ0) is 7.82. The minimum absolute atomic E-state index is 0.452. The van der Waals surface area contributed by atoms with E-state index in [1.54, 1.807) is 19.3 Å². The van der Waals surface area contributed by atoms with Crippen LogP contribution in [0.25, 0.3) is 0 Å². The standard InChI is InChI=1S/C7H12O3/c1-8-6-4-5-7(9-2)10-3/h4-6H,1-3H3/b6-4+. The second-order valence-electron chi connectivity index (χ2n) is 1.46. The predicted octanol–water partition coefficient (Wildman–Crippen LogP) is 1.28. The van der Waals surface area contributed by atoms with E-state index < -0.39 is 0 Å². The Morgan fingerprint density at radius 1 is 1.10 bits per heavy atom. The van der Waals surface area contributed by atoms with Crippen molar-refractivity contribution in [3.8, 4) is 0 Å². The van der Waals surface area contributed by atoms with Crippen molar-refractivity contribution >= 4 is 0 Å². The van der Waals surface area contributed by atoms with Crippen molar-refractivity contribution in [1.29, 1.82) is 0 Å². The number of allylic oxidation sites excluding steroid dienone is 2. The molecule has 0 unspecified atom stereocenters. The highest BCUT2D eigenvalue weighted by Crippen LogP contribution is 1.94. The van der Waals surface area contributed by atoms with Gasteiger partial charge in [-0.05, 0) is 6.08 Å². The zero-order valence-electron chi connectivity index (χ0n) is 6.46. The average molecular weight is 144 g/mol. The molecule has 0 atom stereocenters. The van der Waals surface area contributed by atoms with Crippen molar-refractivity contribution < 1.29 is 14.2 Å². The van der Waals surface area contributed by atoms with E-state index in [0.717, 1.165) is 0 Å². The fourth-order valence-corrected chi connectivity index (χ4v) is 0.416. The molecule has 10 heavy (non-hydrogen) atoms. The summed E-state index contributed by atoms with van der Waals surface area (Å²) >= 11 is 0. The van der Waals surface area contributed by atoms with Gasteiger partial charge in [-0.2, -0.15) is 0 Å². The SMILES string of the molecule is CO/C=C/C=C(OC)OC. The third-order valence-corrected chi connectivity index (χ3v) is 0.849. The maximum atomic E-state index is 4.78. The highest BCUT2D eigenvalue weighted by atomic mass is 16.7. The third-order valence-electron chi connectivity index (χ3n) is 0.849. The van der Waals surface area contributed by atoms with E-state index in [4.69, 9.17) is 9.47 Å². The fraction of sp³-hybridized carbons (Fsp3) is 0.429. The van der Waals surface area contributed by atoms with Gasteiger partial charge in [-0.1, -0.05) is 0 Å². The van der Waals surface area contributed by atoms with Gasteiger partial charge in [0.1, 0.15) is 0 Å². The molecule has 0 aliphatic carbocycles. The summed E-state index contributed by atoms with van der Waals surface area (Å²) < 4.78 is 14.2. The topological polar surface area (TPSA) is 27.7 Å². The zero-order valence-corrected chi connectivity index (χ0v) is 6.46. The number of rotatable bonds is 4. The highest BCUT2D eigenvalue weighted by molar-refractivity contribution is 5.00. The number of ether oxygens (including phenoxy) is 3. The number of methoxy groups -OCH3 is 3. The minimum atomic E-state index is 0.452. The lowest BCUT2D eigenvalue weighted by Crippen LogP contribution is -1.87. The summed E-state index contributed by atoms with van der Waals surface area (Å²) in [5.74, 6) is 0.452. The average Bonchev–Trinajstić information content (AvgIpc) is 1.99. The van der Waals surface area contributed by atoms with Crippen LogP contribution in [-0.4, -0.2) is 21.3 Å². The summed E-state index contributed by atoms with van der Waals surface area (Å²) in [4.78, 5) is 0. The van der Waals surface area contributed by atoms with Gasteiger partial charge in [-0.3, -0.25) is 0 Å². The first-order chi connectivity index (χ1) is 4.85. The monoisotopic (exact) mass is 144 g/mol. The van der Waals surface area contributed by atoms with E-state index in [9.17, 15) is 0 Å². The lowest BCUT2D eigenvalue weighted by molar-refractivity contribution is 0.0955. The molecule has 0 radical (unpaired) electrons. The molecule has 3 heteroatoms. The van der Waals surface area contributed by atoms with Gasteiger partial charge in [0.25, 0.3) is 5.95 Å². The quantitative estimate of drug-likeness (QED) is 0.439. The van der Waals surface area contributed by atoms with Gasteiger partial charge >= 0.3 is 0 Å². The van der Waals surface area contributed by atoms with Crippen LogP contribution in [0.1, 0.15) is 0 Å². The van der Waals surface area contributed by atoms with Gasteiger partial charge in [0.2, 0.25) is 0 Å². The van der Waals surface area contributed by atoms with Crippen LogP contribution in [-0.2, 0) is 14.2 Å². The van der Waals surface area contributed by atoms with Crippen LogP contribution in [0.5, 0.6) is 0 Å². The predicted molar refractivity (Wildman–Crippen MR) is 38.3 cm³/mol. The molecule has 0 rings (SSSR count). The molecule has 58 valence electrons. The van der Waals surface area contributed by atoms with E-state index in [2.05, 4.69) is 4.74 Å². The van der Waals surface area contributed by atoms with E-state index >= 15 is 0 Å². The van der Waals surface area contributed by atoms with E-state index in [-0.39, 0.29) is 0 Å². The lowest BCUT2D eigenvalue weighted by Gasteiger charge is -2.00. The normalized spacial score (nSPS) is 9.10. The minimum Gasteiger partial charge on any atom is -0.504 e. The molecular formula is C7H12O3. The van der Waals surface area contributed by atoms with Crippen LogP contribution in [0.4, 0.5) is 0 Å². The van der Waals surface area contributed by atoms with Crippen LogP contribution in [0, 0.1) is 0 Å². The van der Waals surface area contributed by atoms with Crippen LogP contribution in [0.15, 0.2) is 24.4 Å². The summed E-state index contributed by atoms with van der Waals surface area (Å²) in [5, 5.41) is 0. The Morgan fingerprint density at radius 3 is 2.10 bits per heavy atom. The molecule has 0 heterocycles. The summed E-state index contributed by atoms with van der Waals surface area (Å²) in [6.45, 7) is 0.